The van der Waals surface area contributed by atoms with Crippen molar-refractivity contribution < 1.29 is 14.3 Å². The number of hydrogen-bond donors (Lipinski definition) is 2. The van der Waals surface area contributed by atoms with Crippen molar-refractivity contribution in [3.63, 3.8) is 0 Å². The van der Waals surface area contributed by atoms with E-state index in [1.807, 2.05) is 19.9 Å². The van der Waals surface area contributed by atoms with E-state index < -0.39 is 0 Å². The molecule has 7 nitrogen and oxygen atoms in total. The van der Waals surface area contributed by atoms with Crippen LogP contribution in [-0.2, 0) is 9.53 Å². The van der Waals surface area contributed by atoms with Crippen LogP contribution in [0.5, 0.6) is 0 Å². The summed E-state index contributed by atoms with van der Waals surface area (Å²) < 4.78 is 5.38. The summed E-state index contributed by atoms with van der Waals surface area (Å²) in [7, 11) is 0. The van der Waals surface area contributed by atoms with Crippen molar-refractivity contribution in [1.82, 2.24) is 15.2 Å². The summed E-state index contributed by atoms with van der Waals surface area (Å²) in [6.07, 6.45) is 1.95. The average molecular weight is 306 g/mol. The first kappa shape index (κ1) is 16.2. The van der Waals surface area contributed by atoms with Gasteiger partial charge in [-0.2, -0.15) is 0 Å². The van der Waals surface area contributed by atoms with Crippen LogP contribution in [0.4, 0.5) is 10.6 Å². The molecule has 1 aliphatic rings. The third-order valence-electron chi connectivity index (χ3n) is 3.34. The zero-order chi connectivity index (χ0) is 15.9. The molecule has 1 fully saturated rings. The third-order valence-corrected chi connectivity index (χ3v) is 3.34. The number of nitrogens with one attached hydrogen (secondary N) is 2. The molecule has 0 bridgehead atoms. The second kappa shape index (κ2) is 7.74. The Labute approximate surface area is 130 Å². The Balaban J connectivity index is 1.68. The molecule has 0 aromatic carbocycles. The number of nitrogens with zero attached hydrogens (tertiary/aromatic N) is 2. The SMILES string of the molecule is Cc1ccc(NC(=O)CCNC(=O)N2CCO[C@@H](C)C2)nc1. The largest absolute Gasteiger partial charge is 0.375 e. The van der Waals surface area contributed by atoms with Crippen molar-refractivity contribution in [3.8, 4) is 0 Å². The number of ether oxygens (including phenoxy) is 1. The smallest absolute Gasteiger partial charge is 0.317 e. The molecule has 3 amide bonds. The zero-order valence-corrected chi connectivity index (χ0v) is 13.0. The third kappa shape index (κ3) is 5.00. The van der Waals surface area contributed by atoms with Gasteiger partial charge >= 0.3 is 6.03 Å². The topological polar surface area (TPSA) is 83.6 Å². The molecule has 7 heteroatoms. The molecule has 1 atom stereocenters. The van der Waals surface area contributed by atoms with E-state index in [1.54, 1.807) is 17.2 Å². The van der Waals surface area contributed by atoms with Gasteiger partial charge < -0.3 is 20.3 Å². The summed E-state index contributed by atoms with van der Waals surface area (Å²) in [6, 6.07) is 3.47. The molecule has 0 spiro atoms. The second-order valence-electron chi connectivity index (χ2n) is 5.38. The lowest BCUT2D eigenvalue weighted by Crippen LogP contribution is -2.49. The van der Waals surface area contributed by atoms with Crippen LogP contribution in [0.1, 0.15) is 18.9 Å². The van der Waals surface area contributed by atoms with Crippen LogP contribution in [0.3, 0.4) is 0 Å². The van der Waals surface area contributed by atoms with E-state index in [2.05, 4.69) is 15.6 Å². The predicted molar refractivity (Wildman–Crippen MR) is 82.6 cm³/mol. The van der Waals surface area contributed by atoms with Gasteiger partial charge in [-0.1, -0.05) is 6.07 Å². The Kier molecular flexibility index (Phi) is 5.71. The maximum atomic E-state index is 11.9. The minimum absolute atomic E-state index is 0.0513. The lowest BCUT2D eigenvalue weighted by Gasteiger charge is -2.31. The molecule has 0 aliphatic carbocycles. The Hall–Kier alpha value is -2.15. The molecule has 2 N–H and O–H groups in total. The fourth-order valence-electron chi connectivity index (χ4n) is 2.14. The van der Waals surface area contributed by atoms with Gasteiger partial charge in [-0.15, -0.1) is 0 Å². The monoisotopic (exact) mass is 306 g/mol. The maximum Gasteiger partial charge on any atom is 0.317 e. The molecule has 2 rings (SSSR count). The van der Waals surface area contributed by atoms with E-state index in [0.29, 0.717) is 32.1 Å². The second-order valence-corrected chi connectivity index (χ2v) is 5.38. The summed E-state index contributed by atoms with van der Waals surface area (Å²) in [5.74, 6) is 0.343. The van der Waals surface area contributed by atoms with E-state index in [1.165, 1.54) is 0 Å². The predicted octanol–water partition coefficient (Wildman–Crippen LogP) is 1.15. The standard InChI is InChI=1S/C15H22N4O3/c1-11-3-4-13(17-9-11)18-14(20)5-6-16-15(21)19-7-8-22-12(2)10-19/h3-4,9,12H,5-8,10H2,1-2H3,(H,16,21)(H,17,18,20)/t12-/m0/s1. The van der Waals surface area contributed by atoms with Crippen LogP contribution < -0.4 is 10.6 Å². The number of anilines is 1. The first-order valence-corrected chi connectivity index (χ1v) is 7.41. The number of pyridine rings is 1. The van der Waals surface area contributed by atoms with Crippen LogP contribution in [-0.4, -0.2) is 54.2 Å². The summed E-state index contributed by atoms with van der Waals surface area (Å²) in [5, 5.41) is 5.44. The van der Waals surface area contributed by atoms with Crippen molar-refractivity contribution in [2.45, 2.75) is 26.4 Å². The molecule has 0 saturated carbocycles. The molecular weight excluding hydrogens is 284 g/mol. The number of urea groups is 1. The van der Waals surface area contributed by atoms with E-state index in [0.717, 1.165) is 5.56 Å². The van der Waals surface area contributed by atoms with Crippen LogP contribution >= 0.6 is 0 Å². The van der Waals surface area contributed by atoms with Gasteiger partial charge in [-0.25, -0.2) is 9.78 Å². The lowest BCUT2D eigenvalue weighted by molar-refractivity contribution is -0.116. The molecule has 0 unspecified atom stereocenters. The van der Waals surface area contributed by atoms with Crippen LogP contribution in [0.15, 0.2) is 18.3 Å². The van der Waals surface area contributed by atoms with Gasteiger partial charge in [0.1, 0.15) is 5.82 Å². The number of rotatable bonds is 4. The molecule has 1 aliphatic heterocycles. The number of aryl methyl sites for hydroxylation is 1. The minimum atomic E-state index is -0.174. The number of aromatic nitrogens is 1. The van der Waals surface area contributed by atoms with Crippen LogP contribution in [0.25, 0.3) is 0 Å². The molecule has 1 saturated heterocycles. The van der Waals surface area contributed by atoms with Crippen molar-refractivity contribution in [1.29, 1.82) is 0 Å². The van der Waals surface area contributed by atoms with E-state index in [4.69, 9.17) is 4.74 Å². The van der Waals surface area contributed by atoms with Gasteiger partial charge in [-0.05, 0) is 25.5 Å². The first-order valence-electron chi connectivity index (χ1n) is 7.41. The van der Waals surface area contributed by atoms with Crippen LogP contribution in [0.2, 0.25) is 0 Å². The van der Waals surface area contributed by atoms with E-state index in [-0.39, 0.29) is 24.5 Å². The number of carbonyl (C=O) groups excluding carboxylic acids is 2. The molecule has 1 aromatic rings. The van der Waals surface area contributed by atoms with Crippen molar-refractivity contribution in [2.75, 3.05) is 31.6 Å². The first-order chi connectivity index (χ1) is 10.5. The Bertz CT molecular complexity index is 518. The number of amides is 3. The lowest BCUT2D eigenvalue weighted by atomic mass is 10.3. The van der Waals surface area contributed by atoms with E-state index >= 15 is 0 Å². The van der Waals surface area contributed by atoms with Gasteiger partial charge in [0.05, 0.1) is 12.7 Å². The zero-order valence-electron chi connectivity index (χ0n) is 13.0. The van der Waals surface area contributed by atoms with Crippen molar-refractivity contribution in [3.05, 3.63) is 23.9 Å². The molecule has 1 aromatic heterocycles. The quantitative estimate of drug-likeness (QED) is 0.874. The average Bonchev–Trinajstić information content (AvgIpc) is 2.49. The molecule has 0 radical (unpaired) electrons. The summed E-state index contributed by atoms with van der Waals surface area (Å²) in [5.41, 5.74) is 1.03. The number of morpholine rings is 1. The molecule has 2 heterocycles. The Morgan fingerprint density at radius 1 is 1.45 bits per heavy atom. The Morgan fingerprint density at radius 3 is 2.95 bits per heavy atom. The van der Waals surface area contributed by atoms with Gasteiger partial charge in [-0.3, -0.25) is 4.79 Å². The fourth-order valence-corrected chi connectivity index (χ4v) is 2.14. The highest BCUT2D eigenvalue weighted by Crippen LogP contribution is 2.05. The van der Waals surface area contributed by atoms with Gasteiger partial charge in [0.25, 0.3) is 0 Å². The summed E-state index contributed by atoms with van der Waals surface area (Å²) in [4.78, 5) is 29.5. The highest BCUT2D eigenvalue weighted by atomic mass is 16.5. The highest BCUT2D eigenvalue weighted by Gasteiger charge is 2.20. The van der Waals surface area contributed by atoms with Gasteiger partial charge in [0.2, 0.25) is 5.91 Å². The fraction of sp³-hybridized carbons (Fsp3) is 0.533. The Morgan fingerprint density at radius 2 is 2.27 bits per heavy atom. The maximum absolute atomic E-state index is 11.9. The van der Waals surface area contributed by atoms with Crippen molar-refractivity contribution in [2.24, 2.45) is 0 Å². The number of hydrogen-bond acceptors (Lipinski definition) is 4. The van der Waals surface area contributed by atoms with Crippen LogP contribution in [0, 0.1) is 6.92 Å². The molecule has 22 heavy (non-hydrogen) atoms. The highest BCUT2D eigenvalue weighted by molar-refractivity contribution is 5.90. The summed E-state index contributed by atoms with van der Waals surface area (Å²) >= 11 is 0. The molecule has 120 valence electrons. The minimum Gasteiger partial charge on any atom is -0.375 e. The normalized spacial score (nSPS) is 17.9. The van der Waals surface area contributed by atoms with Crippen molar-refractivity contribution >= 4 is 17.8 Å². The van der Waals surface area contributed by atoms with Gasteiger partial charge in [0.15, 0.2) is 0 Å². The van der Waals surface area contributed by atoms with Gasteiger partial charge in [0, 0.05) is 32.3 Å². The molecular formula is C15H22N4O3. The summed E-state index contributed by atoms with van der Waals surface area (Å²) in [6.45, 7) is 5.86. The van der Waals surface area contributed by atoms with E-state index in [9.17, 15) is 9.59 Å². The number of carbonyl (C=O) groups is 2.